The van der Waals surface area contributed by atoms with Crippen LogP contribution in [-0.2, 0) is 6.42 Å². The van der Waals surface area contributed by atoms with Crippen LogP contribution in [0.4, 0.5) is 4.39 Å². The highest BCUT2D eigenvalue weighted by atomic mass is 35.5. The van der Waals surface area contributed by atoms with Crippen molar-refractivity contribution in [3.63, 3.8) is 0 Å². The third-order valence-corrected chi connectivity index (χ3v) is 3.94. The van der Waals surface area contributed by atoms with Gasteiger partial charge in [-0.15, -0.1) is 0 Å². The van der Waals surface area contributed by atoms with E-state index in [1.165, 1.54) is 6.07 Å². The van der Waals surface area contributed by atoms with Crippen molar-refractivity contribution in [1.29, 1.82) is 0 Å². The molecule has 0 bridgehead atoms. The highest BCUT2D eigenvalue weighted by Crippen LogP contribution is 2.29. The quantitative estimate of drug-likeness (QED) is 0.601. The number of oxime groups is 1. The molecule has 1 N–H and O–H groups in total. The average molecular weight is 290 g/mol. The number of rotatable bonds is 1. The van der Waals surface area contributed by atoms with Gasteiger partial charge in [-0.3, -0.25) is 0 Å². The highest BCUT2D eigenvalue weighted by Gasteiger charge is 2.16. The van der Waals surface area contributed by atoms with Crippen molar-refractivity contribution in [1.82, 2.24) is 0 Å². The van der Waals surface area contributed by atoms with Crippen LogP contribution in [0.15, 0.2) is 41.6 Å². The van der Waals surface area contributed by atoms with Gasteiger partial charge in [0.05, 0.1) is 10.7 Å². The molecule has 4 heteroatoms. The third kappa shape index (κ3) is 2.29. The molecule has 20 heavy (non-hydrogen) atoms. The number of hydrogen-bond donors (Lipinski definition) is 1. The highest BCUT2D eigenvalue weighted by molar-refractivity contribution is 6.31. The normalized spacial score (nSPS) is 16.2. The molecule has 1 aliphatic rings. The molecule has 0 radical (unpaired) electrons. The smallest absolute Gasteiger partial charge is 0.141 e. The molecule has 2 nitrogen and oxygen atoms in total. The summed E-state index contributed by atoms with van der Waals surface area (Å²) in [5.74, 6) is -0.414. The number of benzene rings is 2. The summed E-state index contributed by atoms with van der Waals surface area (Å²) in [5, 5.41) is 12.5. The van der Waals surface area contributed by atoms with Crippen LogP contribution in [0.3, 0.4) is 0 Å². The summed E-state index contributed by atoms with van der Waals surface area (Å²) in [6.45, 7) is 0. The van der Waals surface area contributed by atoms with Crippen LogP contribution in [0.5, 0.6) is 0 Å². The Labute approximate surface area is 121 Å². The number of halogens is 2. The Balaban J connectivity index is 2.06. The van der Waals surface area contributed by atoms with Crippen LogP contribution >= 0.6 is 11.6 Å². The Kier molecular flexibility index (Phi) is 3.45. The molecule has 0 amide bonds. The molecule has 3 rings (SSSR count). The fraction of sp³-hybridized carbons (Fsp3) is 0.188. The van der Waals surface area contributed by atoms with E-state index < -0.39 is 5.82 Å². The van der Waals surface area contributed by atoms with E-state index in [4.69, 9.17) is 16.8 Å². The van der Waals surface area contributed by atoms with Crippen LogP contribution in [0, 0.1) is 5.82 Å². The van der Waals surface area contributed by atoms with Gasteiger partial charge in [0, 0.05) is 5.56 Å². The van der Waals surface area contributed by atoms with Gasteiger partial charge >= 0.3 is 0 Å². The van der Waals surface area contributed by atoms with Gasteiger partial charge in [0.15, 0.2) is 0 Å². The van der Waals surface area contributed by atoms with E-state index in [2.05, 4.69) is 11.2 Å². The average Bonchev–Trinajstić information content (AvgIpc) is 2.48. The van der Waals surface area contributed by atoms with Gasteiger partial charge < -0.3 is 5.21 Å². The minimum absolute atomic E-state index is 0.123. The lowest BCUT2D eigenvalue weighted by atomic mass is 9.88. The van der Waals surface area contributed by atoms with Crippen LogP contribution in [0.2, 0.25) is 5.02 Å². The molecule has 0 spiro atoms. The lowest BCUT2D eigenvalue weighted by molar-refractivity contribution is 0.317. The molecular weight excluding hydrogens is 277 g/mol. The van der Waals surface area contributed by atoms with Crippen molar-refractivity contribution in [2.45, 2.75) is 19.3 Å². The van der Waals surface area contributed by atoms with E-state index in [1.807, 2.05) is 12.1 Å². The van der Waals surface area contributed by atoms with Gasteiger partial charge in [-0.1, -0.05) is 41.0 Å². The first-order chi connectivity index (χ1) is 9.69. The molecule has 0 atom stereocenters. The molecule has 2 aromatic carbocycles. The summed E-state index contributed by atoms with van der Waals surface area (Å²) in [7, 11) is 0. The van der Waals surface area contributed by atoms with Crippen molar-refractivity contribution in [2.24, 2.45) is 5.16 Å². The van der Waals surface area contributed by atoms with Crippen LogP contribution < -0.4 is 0 Å². The van der Waals surface area contributed by atoms with Gasteiger partial charge in [0.2, 0.25) is 0 Å². The largest absolute Gasteiger partial charge is 0.411 e. The molecule has 1 aliphatic carbocycles. The Bertz CT molecular complexity index is 697. The zero-order chi connectivity index (χ0) is 14.1. The number of nitrogens with zero attached hydrogens (tertiary/aromatic N) is 1. The second-order valence-corrected chi connectivity index (χ2v) is 5.31. The maximum atomic E-state index is 13.2. The first-order valence-electron chi connectivity index (χ1n) is 6.48. The number of aryl methyl sites for hydroxylation is 1. The lowest BCUT2D eigenvalue weighted by Crippen LogP contribution is -2.11. The zero-order valence-electron chi connectivity index (χ0n) is 10.7. The number of fused-ring (bicyclic) bond motifs is 1. The van der Waals surface area contributed by atoms with E-state index in [0.29, 0.717) is 0 Å². The van der Waals surface area contributed by atoms with E-state index in [0.717, 1.165) is 47.2 Å². The summed E-state index contributed by atoms with van der Waals surface area (Å²) in [6, 6.07) is 10.7. The molecule has 0 saturated heterocycles. The van der Waals surface area contributed by atoms with Gasteiger partial charge in [0.25, 0.3) is 0 Å². The molecular formula is C16H13ClFNO. The van der Waals surface area contributed by atoms with Crippen LogP contribution in [-0.4, -0.2) is 10.9 Å². The van der Waals surface area contributed by atoms with Crippen molar-refractivity contribution >= 4 is 17.3 Å². The number of hydrogen-bond acceptors (Lipinski definition) is 2. The van der Waals surface area contributed by atoms with Gasteiger partial charge in [-0.05, 0) is 48.1 Å². The van der Waals surface area contributed by atoms with E-state index in [-0.39, 0.29) is 5.02 Å². The summed E-state index contributed by atoms with van der Waals surface area (Å²) in [6.07, 6.45) is 2.72. The monoisotopic (exact) mass is 289 g/mol. The second-order valence-electron chi connectivity index (χ2n) is 4.90. The standard InChI is InChI=1S/C16H13ClFNO/c17-14-9-11(5-7-15(14)18)10-4-6-13-12(8-10)2-1-3-16(13)19-20/h4-9,20H,1-3H2/b19-16+. The van der Waals surface area contributed by atoms with Crippen molar-refractivity contribution in [3.05, 3.63) is 58.4 Å². The minimum atomic E-state index is -0.414. The topological polar surface area (TPSA) is 32.6 Å². The first-order valence-corrected chi connectivity index (χ1v) is 6.86. The van der Waals surface area contributed by atoms with E-state index >= 15 is 0 Å². The van der Waals surface area contributed by atoms with Crippen LogP contribution in [0.1, 0.15) is 24.0 Å². The maximum absolute atomic E-state index is 13.2. The minimum Gasteiger partial charge on any atom is -0.411 e. The van der Waals surface area contributed by atoms with Crippen molar-refractivity contribution in [2.75, 3.05) is 0 Å². The first kappa shape index (κ1) is 13.1. The maximum Gasteiger partial charge on any atom is 0.141 e. The molecule has 0 heterocycles. The summed E-state index contributed by atoms with van der Waals surface area (Å²) in [5.41, 5.74) is 4.75. The molecule has 0 unspecified atom stereocenters. The molecule has 0 saturated carbocycles. The molecule has 0 fully saturated rings. The predicted octanol–water partition coefficient (Wildman–Crippen LogP) is 4.66. The van der Waals surface area contributed by atoms with Crippen molar-refractivity contribution in [3.8, 4) is 11.1 Å². The summed E-state index contributed by atoms with van der Waals surface area (Å²) in [4.78, 5) is 0. The predicted molar refractivity (Wildman–Crippen MR) is 78.1 cm³/mol. The Morgan fingerprint density at radius 1 is 1.05 bits per heavy atom. The molecule has 2 aromatic rings. The molecule has 0 aliphatic heterocycles. The summed E-state index contributed by atoms with van der Waals surface area (Å²) >= 11 is 5.83. The SMILES string of the molecule is O/N=C1\CCCc2cc(-c3ccc(F)c(Cl)c3)ccc21. The van der Waals surface area contributed by atoms with Gasteiger partial charge in [-0.2, -0.15) is 0 Å². The molecule has 0 aromatic heterocycles. The fourth-order valence-corrected chi connectivity index (χ4v) is 2.80. The molecule has 102 valence electrons. The van der Waals surface area contributed by atoms with Crippen molar-refractivity contribution < 1.29 is 9.60 Å². The van der Waals surface area contributed by atoms with Gasteiger partial charge in [0.1, 0.15) is 5.82 Å². The van der Waals surface area contributed by atoms with Crippen LogP contribution in [0.25, 0.3) is 11.1 Å². The van der Waals surface area contributed by atoms with E-state index in [1.54, 1.807) is 12.1 Å². The lowest BCUT2D eigenvalue weighted by Gasteiger charge is -2.18. The second kappa shape index (κ2) is 5.25. The zero-order valence-corrected chi connectivity index (χ0v) is 11.5. The van der Waals surface area contributed by atoms with Gasteiger partial charge in [-0.25, -0.2) is 4.39 Å². The third-order valence-electron chi connectivity index (χ3n) is 3.65. The Hall–Kier alpha value is -1.87. The Morgan fingerprint density at radius 3 is 2.55 bits per heavy atom. The Morgan fingerprint density at radius 2 is 1.80 bits per heavy atom. The fourth-order valence-electron chi connectivity index (χ4n) is 2.62. The summed E-state index contributed by atoms with van der Waals surface area (Å²) < 4.78 is 13.2. The van der Waals surface area contributed by atoms with E-state index in [9.17, 15) is 4.39 Å².